The van der Waals surface area contributed by atoms with Gasteiger partial charge < -0.3 is 9.84 Å². The highest BCUT2D eigenvalue weighted by molar-refractivity contribution is 7.07. The summed E-state index contributed by atoms with van der Waals surface area (Å²) in [6, 6.07) is 20.8. The number of nitrogens with zero attached hydrogens (tertiary/aromatic N) is 2. The van der Waals surface area contributed by atoms with Crippen LogP contribution in [0.2, 0.25) is 10.0 Å². The molecule has 5 rings (SSSR count). The summed E-state index contributed by atoms with van der Waals surface area (Å²) < 4.78 is 7.24. The summed E-state index contributed by atoms with van der Waals surface area (Å²) in [6.07, 6.45) is 1.52. The van der Waals surface area contributed by atoms with E-state index in [1.807, 2.05) is 60.7 Å². The number of rotatable bonds is 5. The Kier molecular flexibility index (Phi) is 7.02. The number of aromatic nitrogens is 1. The lowest BCUT2D eigenvalue weighted by atomic mass is 9.93. The third-order valence-electron chi connectivity index (χ3n) is 5.83. The van der Waals surface area contributed by atoms with E-state index in [1.165, 1.54) is 22.8 Å². The number of ether oxygens (including phenoxy) is 1. The highest BCUT2D eigenvalue weighted by Gasteiger charge is 2.35. The number of benzene rings is 3. The van der Waals surface area contributed by atoms with Crippen molar-refractivity contribution in [3.8, 4) is 5.75 Å². The molecule has 186 valence electrons. The van der Waals surface area contributed by atoms with Crippen molar-refractivity contribution in [2.45, 2.75) is 13.0 Å². The van der Waals surface area contributed by atoms with E-state index in [0.29, 0.717) is 25.6 Å². The second kappa shape index (κ2) is 10.4. The van der Waals surface area contributed by atoms with Crippen LogP contribution in [0.5, 0.6) is 5.75 Å². The van der Waals surface area contributed by atoms with Gasteiger partial charge in [0, 0.05) is 16.1 Å². The zero-order chi connectivity index (χ0) is 26.1. The van der Waals surface area contributed by atoms with Crippen LogP contribution in [-0.4, -0.2) is 22.2 Å². The fourth-order valence-electron chi connectivity index (χ4n) is 4.23. The van der Waals surface area contributed by atoms with Crippen molar-refractivity contribution < 1.29 is 14.6 Å². The van der Waals surface area contributed by atoms with Crippen molar-refractivity contribution in [3.63, 3.8) is 0 Å². The van der Waals surface area contributed by atoms with Gasteiger partial charge in [0.1, 0.15) is 5.75 Å². The molecule has 3 aromatic carbocycles. The third-order valence-corrected chi connectivity index (χ3v) is 7.32. The van der Waals surface area contributed by atoms with Gasteiger partial charge in [-0.15, -0.1) is 0 Å². The Bertz CT molecular complexity index is 1710. The molecule has 1 aromatic heterocycles. The van der Waals surface area contributed by atoms with Gasteiger partial charge in [-0.05, 0) is 30.7 Å². The van der Waals surface area contributed by atoms with E-state index in [1.54, 1.807) is 6.92 Å². The Hall–Kier alpha value is -3.65. The molecule has 4 aromatic rings. The van der Waals surface area contributed by atoms with Crippen molar-refractivity contribution in [3.05, 3.63) is 125 Å². The van der Waals surface area contributed by atoms with Crippen molar-refractivity contribution in [1.29, 1.82) is 0 Å². The van der Waals surface area contributed by atoms with E-state index in [0.717, 1.165) is 22.5 Å². The van der Waals surface area contributed by atoms with Crippen LogP contribution < -0.4 is 14.9 Å². The van der Waals surface area contributed by atoms with Crippen LogP contribution in [0.3, 0.4) is 0 Å². The van der Waals surface area contributed by atoms with Crippen molar-refractivity contribution >= 4 is 52.3 Å². The molecule has 1 N–H and O–H groups in total. The molecule has 9 heteroatoms. The van der Waals surface area contributed by atoms with Gasteiger partial charge in [-0.1, -0.05) is 95.2 Å². The van der Waals surface area contributed by atoms with Gasteiger partial charge in [-0.25, -0.2) is 9.79 Å². The quantitative estimate of drug-likeness (QED) is 0.356. The number of fused-ring (bicyclic) bond motifs is 1. The zero-order valence-electron chi connectivity index (χ0n) is 19.5. The molecule has 37 heavy (non-hydrogen) atoms. The molecule has 0 amide bonds. The molecule has 0 saturated carbocycles. The standard InChI is InChI=1S/C28H20Cl2N2O4S/c1-2-36-27(35)22-23(16-9-5-3-6-10-16)31-28-32(24(22)17-11-7-4-8-12-17)26(34)21(37-28)14-18-13-19(29)15-20(30)25(18)33/h3-15,24,33H,2H2,1H3/b21-14-/t24-/m0/s1. The number of hydrogen-bond acceptors (Lipinski definition) is 6. The zero-order valence-corrected chi connectivity index (χ0v) is 21.8. The largest absolute Gasteiger partial charge is 0.506 e. The van der Waals surface area contributed by atoms with Gasteiger partial charge in [0.2, 0.25) is 0 Å². The van der Waals surface area contributed by atoms with Crippen molar-refractivity contribution in [2.24, 2.45) is 4.99 Å². The van der Waals surface area contributed by atoms with Gasteiger partial charge >= 0.3 is 5.97 Å². The maximum atomic E-state index is 13.8. The van der Waals surface area contributed by atoms with Crippen molar-refractivity contribution in [2.75, 3.05) is 6.61 Å². The first-order valence-electron chi connectivity index (χ1n) is 11.4. The Morgan fingerprint density at radius 2 is 1.78 bits per heavy atom. The normalized spacial score (nSPS) is 15.3. The molecule has 1 aliphatic rings. The number of phenols is 1. The predicted molar refractivity (Wildman–Crippen MR) is 146 cm³/mol. The average molecular weight is 551 g/mol. The maximum absolute atomic E-state index is 13.8. The first-order chi connectivity index (χ1) is 17.9. The van der Waals surface area contributed by atoms with E-state index in [2.05, 4.69) is 0 Å². The van der Waals surface area contributed by atoms with Crippen LogP contribution in [-0.2, 0) is 9.53 Å². The minimum atomic E-state index is -0.773. The fraction of sp³-hybridized carbons (Fsp3) is 0.107. The number of halogens is 2. The highest BCUT2D eigenvalue weighted by atomic mass is 35.5. The average Bonchev–Trinajstić information content (AvgIpc) is 3.21. The lowest BCUT2D eigenvalue weighted by molar-refractivity contribution is -0.138. The maximum Gasteiger partial charge on any atom is 0.338 e. The Morgan fingerprint density at radius 1 is 1.11 bits per heavy atom. The van der Waals surface area contributed by atoms with E-state index in [-0.39, 0.29) is 28.5 Å². The Morgan fingerprint density at radius 3 is 2.46 bits per heavy atom. The second-order valence-electron chi connectivity index (χ2n) is 8.17. The minimum absolute atomic E-state index is 0.0737. The number of hydrogen-bond donors (Lipinski definition) is 1. The number of esters is 1. The highest BCUT2D eigenvalue weighted by Crippen LogP contribution is 2.35. The number of phenolic OH excluding ortho intramolecular Hbond substituents is 1. The molecule has 0 fully saturated rings. The molecular weight excluding hydrogens is 531 g/mol. The molecule has 0 bridgehead atoms. The number of carbonyl (C=O) groups is 1. The van der Waals surface area contributed by atoms with Crippen LogP contribution in [0.4, 0.5) is 0 Å². The van der Waals surface area contributed by atoms with E-state index in [4.69, 9.17) is 32.9 Å². The third kappa shape index (κ3) is 4.73. The van der Waals surface area contributed by atoms with E-state index >= 15 is 0 Å². The summed E-state index contributed by atoms with van der Waals surface area (Å²) in [7, 11) is 0. The summed E-state index contributed by atoms with van der Waals surface area (Å²) in [4.78, 5) is 32.4. The smallest absolute Gasteiger partial charge is 0.338 e. The molecule has 1 atom stereocenters. The second-order valence-corrected chi connectivity index (χ2v) is 10.0. The monoisotopic (exact) mass is 550 g/mol. The minimum Gasteiger partial charge on any atom is -0.506 e. The summed E-state index contributed by atoms with van der Waals surface area (Å²) >= 11 is 13.4. The van der Waals surface area contributed by atoms with Gasteiger partial charge in [-0.3, -0.25) is 9.36 Å². The van der Waals surface area contributed by atoms with Gasteiger partial charge in [0.15, 0.2) is 4.80 Å². The predicted octanol–water partition coefficient (Wildman–Crippen LogP) is 4.95. The molecule has 0 radical (unpaired) electrons. The van der Waals surface area contributed by atoms with Crippen molar-refractivity contribution in [1.82, 2.24) is 4.57 Å². The number of aromatic hydroxyl groups is 1. The first-order valence-corrected chi connectivity index (χ1v) is 13.0. The topological polar surface area (TPSA) is 80.9 Å². The van der Waals surface area contributed by atoms with Gasteiger partial charge in [0.05, 0.1) is 33.5 Å². The summed E-state index contributed by atoms with van der Waals surface area (Å²) in [5, 5.41) is 10.8. The Labute approximate surface area is 226 Å². The lowest BCUT2D eigenvalue weighted by Crippen LogP contribution is -2.40. The van der Waals surface area contributed by atoms with E-state index in [9.17, 15) is 14.7 Å². The van der Waals surface area contributed by atoms with Crippen LogP contribution in [0.25, 0.3) is 11.8 Å². The Balaban J connectivity index is 1.84. The molecule has 2 heterocycles. The van der Waals surface area contributed by atoms with E-state index < -0.39 is 12.0 Å². The molecule has 0 unspecified atom stereocenters. The molecule has 0 aliphatic carbocycles. The lowest BCUT2D eigenvalue weighted by Gasteiger charge is -2.25. The molecular formula is C28H20Cl2N2O4S. The number of thiazole rings is 1. The fourth-order valence-corrected chi connectivity index (χ4v) is 5.73. The van der Waals surface area contributed by atoms with Crippen LogP contribution >= 0.6 is 34.5 Å². The van der Waals surface area contributed by atoms with Crippen LogP contribution in [0.1, 0.15) is 29.7 Å². The molecule has 6 nitrogen and oxygen atoms in total. The molecule has 1 aliphatic heterocycles. The molecule has 0 saturated heterocycles. The number of carbonyl (C=O) groups excluding carboxylic acids is 1. The SMILES string of the molecule is CCOC(=O)C1=C(c2ccccc2)N=c2s/c(=C\c3cc(Cl)cc(Cl)c3O)c(=O)n2[C@H]1c1ccccc1. The molecule has 0 spiro atoms. The van der Waals surface area contributed by atoms with Gasteiger partial charge in [0.25, 0.3) is 5.56 Å². The summed E-state index contributed by atoms with van der Waals surface area (Å²) in [5.41, 5.74) is 2.09. The van der Waals surface area contributed by atoms with Gasteiger partial charge in [-0.2, -0.15) is 0 Å². The summed E-state index contributed by atoms with van der Waals surface area (Å²) in [6.45, 7) is 1.90. The summed E-state index contributed by atoms with van der Waals surface area (Å²) in [5.74, 6) is -0.735. The van der Waals surface area contributed by atoms with Crippen LogP contribution in [0, 0.1) is 0 Å². The first kappa shape index (κ1) is 25.0. The van der Waals surface area contributed by atoms with Crippen LogP contribution in [0.15, 0.2) is 88.2 Å².